The van der Waals surface area contributed by atoms with Crippen molar-refractivity contribution in [2.24, 2.45) is 11.3 Å². The van der Waals surface area contributed by atoms with E-state index in [1.165, 1.54) is 0 Å². The summed E-state index contributed by atoms with van der Waals surface area (Å²) in [5, 5.41) is 38.5. The van der Waals surface area contributed by atoms with Crippen LogP contribution in [0.15, 0.2) is 14.4 Å². The van der Waals surface area contributed by atoms with Gasteiger partial charge in [0, 0.05) is 12.1 Å². The van der Waals surface area contributed by atoms with E-state index in [9.17, 15) is 34.8 Å². The number of rotatable bonds is 8. The number of nitrogens with one attached hydrogen (secondary N) is 2. The van der Waals surface area contributed by atoms with Crippen LogP contribution in [0.25, 0.3) is 0 Å². The minimum atomic E-state index is -2.00. The molecule has 0 amide bonds. The zero-order valence-corrected chi connectivity index (χ0v) is 17.5. The normalized spacial score (nSPS) is 13.2. The van der Waals surface area contributed by atoms with Crippen LogP contribution in [0.2, 0.25) is 0 Å². The molecule has 0 aliphatic rings. The Labute approximate surface area is 176 Å². The molecule has 2 aromatic heterocycles. The maximum absolute atomic E-state index is 11.9. The third-order valence-electron chi connectivity index (χ3n) is 5.18. The maximum Gasteiger partial charge on any atom is 0.333 e. The Bertz CT molecular complexity index is 1020. The fourth-order valence-corrected chi connectivity index (χ4v) is 3.49. The molecule has 0 radical (unpaired) electrons. The van der Waals surface area contributed by atoms with Crippen LogP contribution in [-0.2, 0) is 13.0 Å². The van der Waals surface area contributed by atoms with Gasteiger partial charge in [0.25, 0.3) is 0 Å². The summed E-state index contributed by atoms with van der Waals surface area (Å²) in [4.78, 5) is 46.6. The van der Waals surface area contributed by atoms with Crippen LogP contribution >= 0.6 is 0 Å². The monoisotopic (exact) mass is 440 g/mol. The summed E-state index contributed by atoms with van der Waals surface area (Å²) in [6.07, 6.45) is -3.05. The SMILES string of the molecule is CC(C)(C)C(CCc1c(C(O)O)nc(N)nc1C(O)O)CCn1c(=O)[nH]c(=O)[nH]c1=O. The smallest absolute Gasteiger partial charge is 0.333 e. The number of nitrogens with two attached hydrogens (primary N) is 1. The van der Waals surface area contributed by atoms with E-state index in [0.29, 0.717) is 12.8 Å². The van der Waals surface area contributed by atoms with Crippen molar-refractivity contribution >= 4 is 5.95 Å². The van der Waals surface area contributed by atoms with Gasteiger partial charge in [-0.05, 0) is 30.6 Å². The summed E-state index contributed by atoms with van der Waals surface area (Å²) in [5.41, 5.74) is 2.42. The second kappa shape index (κ2) is 9.51. The molecular weight excluding hydrogens is 412 g/mol. The van der Waals surface area contributed by atoms with Gasteiger partial charge in [0.15, 0.2) is 12.6 Å². The van der Waals surface area contributed by atoms with Gasteiger partial charge in [-0.15, -0.1) is 0 Å². The first-order chi connectivity index (χ1) is 14.3. The molecule has 0 aliphatic heterocycles. The van der Waals surface area contributed by atoms with Crippen LogP contribution in [0.1, 0.15) is 63.1 Å². The number of aromatic amines is 2. The van der Waals surface area contributed by atoms with Crippen LogP contribution in [0.5, 0.6) is 0 Å². The summed E-state index contributed by atoms with van der Waals surface area (Å²) < 4.78 is 0.887. The Morgan fingerprint density at radius 2 is 1.42 bits per heavy atom. The van der Waals surface area contributed by atoms with Gasteiger partial charge in [-0.2, -0.15) is 0 Å². The zero-order chi connectivity index (χ0) is 23.5. The number of aromatic nitrogens is 5. The Morgan fingerprint density at radius 1 is 0.935 bits per heavy atom. The first kappa shape index (κ1) is 24.4. The number of H-pyrrole nitrogens is 2. The van der Waals surface area contributed by atoms with E-state index >= 15 is 0 Å². The highest BCUT2D eigenvalue weighted by atomic mass is 16.5. The van der Waals surface area contributed by atoms with Crippen molar-refractivity contribution in [1.82, 2.24) is 24.5 Å². The summed E-state index contributed by atoms with van der Waals surface area (Å²) in [5.74, 6) is -0.436. The lowest BCUT2D eigenvalue weighted by molar-refractivity contribution is -0.0531. The standard InChI is InChI=1S/C18H28N6O7/c1-18(2,3)8(6-7-24-16(30)22-15(29)23-17(24)31)4-5-9-10(12(25)26)20-14(19)21-11(9)13(27)28/h8,12-13,25-28H,4-7H2,1-3H3,(H2,19,20,21)(H2,22,23,29,30,31). The summed E-state index contributed by atoms with van der Waals surface area (Å²) in [6.45, 7) is 5.91. The lowest BCUT2D eigenvalue weighted by Crippen LogP contribution is -2.43. The molecule has 13 nitrogen and oxygen atoms in total. The fourth-order valence-electron chi connectivity index (χ4n) is 3.49. The van der Waals surface area contributed by atoms with Gasteiger partial charge < -0.3 is 26.2 Å². The Balaban J connectivity index is 2.31. The molecule has 0 bridgehead atoms. The highest BCUT2D eigenvalue weighted by Crippen LogP contribution is 2.34. The van der Waals surface area contributed by atoms with Gasteiger partial charge in [-0.1, -0.05) is 20.8 Å². The third-order valence-corrected chi connectivity index (χ3v) is 5.18. The minimum absolute atomic E-state index is 0.0378. The number of anilines is 1. The molecule has 1 unspecified atom stereocenters. The van der Waals surface area contributed by atoms with Crippen LogP contribution in [0.4, 0.5) is 5.95 Å². The first-order valence-corrected chi connectivity index (χ1v) is 9.63. The van der Waals surface area contributed by atoms with E-state index in [1.54, 1.807) is 0 Å². The third kappa shape index (κ3) is 6.07. The molecule has 0 aromatic carbocycles. The molecule has 2 aromatic rings. The van der Waals surface area contributed by atoms with E-state index < -0.39 is 29.6 Å². The van der Waals surface area contributed by atoms with Crippen molar-refractivity contribution in [3.8, 4) is 0 Å². The van der Waals surface area contributed by atoms with E-state index in [1.807, 2.05) is 30.7 Å². The van der Waals surface area contributed by atoms with Crippen molar-refractivity contribution in [2.45, 2.75) is 59.2 Å². The van der Waals surface area contributed by atoms with Crippen LogP contribution < -0.4 is 22.8 Å². The largest absolute Gasteiger partial charge is 0.368 e. The van der Waals surface area contributed by atoms with E-state index in [-0.39, 0.29) is 47.2 Å². The van der Waals surface area contributed by atoms with Gasteiger partial charge >= 0.3 is 17.1 Å². The molecule has 0 saturated carbocycles. The molecule has 0 spiro atoms. The minimum Gasteiger partial charge on any atom is -0.368 e. The molecular formula is C18H28N6O7. The average Bonchev–Trinajstić information content (AvgIpc) is 2.62. The highest BCUT2D eigenvalue weighted by molar-refractivity contribution is 5.33. The molecule has 1 atom stereocenters. The van der Waals surface area contributed by atoms with E-state index in [0.717, 1.165) is 4.57 Å². The molecule has 13 heteroatoms. The highest BCUT2D eigenvalue weighted by Gasteiger charge is 2.28. The quantitative estimate of drug-likeness (QED) is 0.229. The number of aliphatic hydroxyl groups is 4. The van der Waals surface area contributed by atoms with Gasteiger partial charge in [0.05, 0.1) is 0 Å². The van der Waals surface area contributed by atoms with Crippen molar-refractivity contribution in [3.05, 3.63) is 48.4 Å². The molecule has 172 valence electrons. The summed E-state index contributed by atoms with van der Waals surface area (Å²) >= 11 is 0. The predicted molar refractivity (Wildman–Crippen MR) is 109 cm³/mol. The summed E-state index contributed by atoms with van der Waals surface area (Å²) in [6, 6.07) is 0. The molecule has 31 heavy (non-hydrogen) atoms. The number of nitrogen functional groups attached to an aromatic ring is 1. The predicted octanol–water partition coefficient (Wildman–Crippen LogP) is -1.75. The lowest BCUT2D eigenvalue weighted by Gasteiger charge is -2.31. The molecule has 2 heterocycles. The molecule has 8 N–H and O–H groups in total. The Morgan fingerprint density at radius 3 is 1.84 bits per heavy atom. The van der Waals surface area contributed by atoms with Crippen molar-refractivity contribution in [3.63, 3.8) is 0 Å². The molecule has 2 rings (SSSR count). The van der Waals surface area contributed by atoms with Crippen LogP contribution in [0, 0.1) is 11.3 Å². The second-order valence-electron chi connectivity index (χ2n) is 8.31. The van der Waals surface area contributed by atoms with Crippen molar-refractivity contribution < 1.29 is 20.4 Å². The molecule has 0 saturated heterocycles. The van der Waals surface area contributed by atoms with Crippen molar-refractivity contribution in [1.29, 1.82) is 0 Å². The summed E-state index contributed by atoms with van der Waals surface area (Å²) in [7, 11) is 0. The Hall–Kier alpha value is -2.87. The van der Waals surface area contributed by atoms with Crippen LogP contribution in [-0.4, -0.2) is 44.9 Å². The number of nitrogens with zero attached hydrogens (tertiary/aromatic N) is 3. The van der Waals surface area contributed by atoms with Gasteiger partial charge in [0.2, 0.25) is 5.95 Å². The molecule has 0 aliphatic carbocycles. The Kier molecular flexibility index (Phi) is 7.49. The van der Waals surface area contributed by atoms with Gasteiger partial charge in [-0.3, -0.25) is 9.97 Å². The lowest BCUT2D eigenvalue weighted by atomic mass is 9.75. The van der Waals surface area contributed by atoms with Crippen molar-refractivity contribution in [2.75, 3.05) is 5.73 Å². The molecule has 0 fully saturated rings. The van der Waals surface area contributed by atoms with Gasteiger partial charge in [-0.25, -0.2) is 28.9 Å². The van der Waals surface area contributed by atoms with E-state index in [2.05, 4.69) is 9.97 Å². The number of aliphatic hydroxyl groups excluding tert-OH is 2. The maximum atomic E-state index is 11.9. The topological polar surface area (TPSA) is 220 Å². The fraction of sp³-hybridized carbons (Fsp3) is 0.611. The van der Waals surface area contributed by atoms with Crippen LogP contribution in [0.3, 0.4) is 0 Å². The first-order valence-electron chi connectivity index (χ1n) is 9.63. The number of hydrogen-bond acceptors (Lipinski definition) is 10. The second-order valence-corrected chi connectivity index (χ2v) is 8.31. The average molecular weight is 440 g/mol. The number of hydrogen-bond donors (Lipinski definition) is 7. The van der Waals surface area contributed by atoms with Gasteiger partial charge in [0.1, 0.15) is 11.4 Å². The van der Waals surface area contributed by atoms with E-state index in [4.69, 9.17) is 5.73 Å². The zero-order valence-electron chi connectivity index (χ0n) is 17.5.